The van der Waals surface area contributed by atoms with E-state index in [0.29, 0.717) is 0 Å². The maximum absolute atomic E-state index is 12.8. The summed E-state index contributed by atoms with van der Waals surface area (Å²) < 4.78 is 65.3. The lowest BCUT2D eigenvalue weighted by Crippen LogP contribution is -2.21. The highest BCUT2D eigenvalue weighted by molar-refractivity contribution is 14.1. The van der Waals surface area contributed by atoms with Crippen LogP contribution >= 0.6 is 22.6 Å². The Morgan fingerprint density at radius 2 is 2.05 bits per heavy atom. The van der Waals surface area contributed by atoms with Gasteiger partial charge in [0.05, 0.1) is 17.7 Å². The van der Waals surface area contributed by atoms with Gasteiger partial charge in [0.2, 0.25) is 0 Å². The molecule has 4 nitrogen and oxygen atoms in total. The van der Waals surface area contributed by atoms with Crippen LogP contribution in [0.4, 0.5) is 22.0 Å². The fraction of sp³-hybridized carbons (Fsp3) is 0.333. The lowest BCUT2D eigenvalue weighted by molar-refractivity contribution is -0.275. The number of nitrogens with zero attached hydrogens (tertiary/aromatic N) is 1. The molecule has 0 aromatic carbocycles. The number of pyridine rings is 1. The maximum atomic E-state index is 12.8. The van der Waals surface area contributed by atoms with Gasteiger partial charge in [-0.15, -0.1) is 13.2 Å². The van der Waals surface area contributed by atoms with Gasteiger partial charge in [0.15, 0.2) is 5.75 Å². The molecule has 19 heavy (non-hydrogen) atoms. The third-order valence-electron chi connectivity index (χ3n) is 1.85. The monoisotopic (exact) mass is 397 g/mol. The predicted molar refractivity (Wildman–Crippen MR) is 59.9 cm³/mol. The van der Waals surface area contributed by atoms with Crippen molar-refractivity contribution in [3.63, 3.8) is 0 Å². The number of aliphatic carboxylic acids is 1. The van der Waals surface area contributed by atoms with Gasteiger partial charge in [-0.2, -0.15) is 0 Å². The van der Waals surface area contributed by atoms with Crippen LogP contribution < -0.4 is 4.74 Å². The zero-order valence-corrected chi connectivity index (χ0v) is 11.0. The zero-order valence-electron chi connectivity index (χ0n) is 8.84. The van der Waals surface area contributed by atoms with Gasteiger partial charge in [0.1, 0.15) is 0 Å². The number of rotatable bonds is 4. The summed E-state index contributed by atoms with van der Waals surface area (Å²) in [6.45, 7) is 0. The topological polar surface area (TPSA) is 59.4 Å². The molecule has 0 amide bonds. The van der Waals surface area contributed by atoms with Crippen molar-refractivity contribution in [1.29, 1.82) is 0 Å². The molecule has 0 radical (unpaired) electrons. The summed E-state index contributed by atoms with van der Waals surface area (Å²) >= 11 is 1.37. The van der Waals surface area contributed by atoms with Gasteiger partial charge >= 0.3 is 12.3 Å². The minimum atomic E-state index is -5.22. The number of carboxylic acid groups (broad SMARTS) is 1. The Balaban J connectivity index is 3.39. The standard InChI is InChI=1S/C9H5F5INO3/c10-8(11)6-3(15)2-16-4(1-5(17)18)7(6)19-9(12,13)14/h2,8H,1H2,(H,17,18). The number of carboxylic acids is 1. The molecule has 0 aliphatic heterocycles. The van der Waals surface area contributed by atoms with Crippen LogP contribution in [0.5, 0.6) is 5.75 Å². The zero-order chi connectivity index (χ0) is 14.8. The highest BCUT2D eigenvalue weighted by Crippen LogP contribution is 2.38. The van der Waals surface area contributed by atoms with E-state index in [4.69, 9.17) is 5.11 Å². The number of halogens is 6. The Bertz CT molecular complexity index is 491. The van der Waals surface area contributed by atoms with Crippen LogP contribution in [-0.4, -0.2) is 22.4 Å². The number of hydrogen-bond donors (Lipinski definition) is 1. The van der Waals surface area contributed by atoms with Crippen LogP contribution in [0.2, 0.25) is 0 Å². The smallest absolute Gasteiger partial charge is 0.481 e. The number of alkyl halides is 5. The van der Waals surface area contributed by atoms with Crippen molar-refractivity contribution in [2.24, 2.45) is 0 Å². The largest absolute Gasteiger partial charge is 0.573 e. The second-order valence-corrected chi connectivity index (χ2v) is 4.38. The summed E-state index contributed by atoms with van der Waals surface area (Å²) in [5.74, 6) is -2.77. The Morgan fingerprint density at radius 3 is 2.47 bits per heavy atom. The molecule has 0 spiro atoms. The van der Waals surface area contributed by atoms with Crippen LogP contribution in [0.3, 0.4) is 0 Å². The molecule has 1 aromatic heterocycles. The van der Waals surface area contributed by atoms with E-state index in [1.54, 1.807) is 0 Å². The summed E-state index contributed by atoms with van der Waals surface area (Å²) in [4.78, 5) is 13.9. The highest BCUT2D eigenvalue weighted by Gasteiger charge is 2.36. The van der Waals surface area contributed by atoms with E-state index in [1.165, 1.54) is 22.6 Å². The Kier molecular flexibility index (Phi) is 4.87. The van der Waals surface area contributed by atoms with E-state index in [1.807, 2.05) is 0 Å². The van der Waals surface area contributed by atoms with Crippen molar-refractivity contribution < 1.29 is 36.6 Å². The lowest BCUT2D eigenvalue weighted by atomic mass is 10.1. The molecule has 0 bridgehead atoms. The summed E-state index contributed by atoms with van der Waals surface area (Å²) in [6, 6.07) is 0. The molecule has 0 unspecified atom stereocenters. The minimum absolute atomic E-state index is 0.249. The average Bonchev–Trinajstić information content (AvgIpc) is 2.18. The molecular weight excluding hydrogens is 392 g/mol. The van der Waals surface area contributed by atoms with Gasteiger partial charge in [-0.05, 0) is 22.6 Å². The van der Waals surface area contributed by atoms with Crippen LogP contribution in [-0.2, 0) is 11.2 Å². The first kappa shape index (κ1) is 15.9. The SMILES string of the molecule is O=C(O)Cc1ncc(I)c(C(F)F)c1OC(F)(F)F. The maximum Gasteiger partial charge on any atom is 0.573 e. The second kappa shape index (κ2) is 5.84. The summed E-state index contributed by atoms with van der Waals surface area (Å²) in [6.07, 6.45) is -8.56. The lowest BCUT2D eigenvalue weighted by Gasteiger charge is -2.16. The van der Waals surface area contributed by atoms with Gasteiger partial charge in [-0.1, -0.05) is 0 Å². The van der Waals surface area contributed by atoms with E-state index in [9.17, 15) is 26.7 Å². The molecule has 1 heterocycles. The van der Waals surface area contributed by atoms with Crippen molar-refractivity contribution in [1.82, 2.24) is 4.98 Å². The van der Waals surface area contributed by atoms with Crippen molar-refractivity contribution in [2.45, 2.75) is 19.2 Å². The van der Waals surface area contributed by atoms with Gasteiger partial charge in [0, 0.05) is 9.77 Å². The summed E-state index contributed by atoms with van der Waals surface area (Å²) in [5, 5.41) is 8.52. The van der Waals surface area contributed by atoms with E-state index >= 15 is 0 Å². The van der Waals surface area contributed by atoms with Crippen LogP contribution in [0.1, 0.15) is 17.7 Å². The fourth-order valence-corrected chi connectivity index (χ4v) is 1.85. The van der Waals surface area contributed by atoms with E-state index in [0.717, 1.165) is 6.20 Å². The molecule has 106 valence electrons. The quantitative estimate of drug-likeness (QED) is 0.627. The van der Waals surface area contributed by atoms with Crippen LogP contribution in [0.15, 0.2) is 6.20 Å². The van der Waals surface area contributed by atoms with Crippen LogP contribution in [0, 0.1) is 3.57 Å². The Morgan fingerprint density at radius 1 is 1.47 bits per heavy atom. The molecular formula is C9H5F5INO3. The molecule has 1 N–H and O–H groups in total. The molecule has 0 aliphatic rings. The van der Waals surface area contributed by atoms with Gasteiger partial charge in [-0.3, -0.25) is 9.78 Å². The van der Waals surface area contributed by atoms with E-state index < -0.39 is 42.2 Å². The van der Waals surface area contributed by atoms with Gasteiger partial charge < -0.3 is 9.84 Å². The average molecular weight is 397 g/mol. The Labute approximate surface area is 116 Å². The number of hydrogen-bond acceptors (Lipinski definition) is 3. The third-order valence-corrected chi connectivity index (χ3v) is 2.71. The first-order valence-electron chi connectivity index (χ1n) is 4.54. The molecule has 0 aliphatic carbocycles. The van der Waals surface area contributed by atoms with Crippen molar-refractivity contribution in [2.75, 3.05) is 0 Å². The molecule has 1 aromatic rings. The fourth-order valence-electron chi connectivity index (χ4n) is 1.23. The summed E-state index contributed by atoms with van der Waals surface area (Å²) in [7, 11) is 0. The normalized spacial score (nSPS) is 11.7. The van der Waals surface area contributed by atoms with Crippen molar-refractivity contribution >= 4 is 28.6 Å². The molecule has 0 saturated heterocycles. The van der Waals surface area contributed by atoms with Gasteiger partial charge in [-0.25, -0.2) is 8.78 Å². The number of carbonyl (C=O) groups is 1. The number of ether oxygens (including phenoxy) is 1. The van der Waals surface area contributed by atoms with E-state index in [-0.39, 0.29) is 3.57 Å². The van der Waals surface area contributed by atoms with Crippen molar-refractivity contribution in [3.8, 4) is 5.75 Å². The summed E-state index contributed by atoms with van der Waals surface area (Å²) in [5.41, 5.74) is -1.73. The van der Waals surface area contributed by atoms with Crippen LogP contribution in [0.25, 0.3) is 0 Å². The molecule has 1 rings (SSSR count). The molecule has 0 saturated carbocycles. The van der Waals surface area contributed by atoms with Crippen molar-refractivity contribution in [3.05, 3.63) is 21.0 Å². The third kappa shape index (κ3) is 4.44. The minimum Gasteiger partial charge on any atom is -0.481 e. The van der Waals surface area contributed by atoms with Gasteiger partial charge in [0.25, 0.3) is 6.43 Å². The molecule has 0 fully saturated rings. The predicted octanol–water partition coefficient (Wildman–Crippen LogP) is 3.15. The molecule has 0 atom stereocenters. The second-order valence-electron chi connectivity index (χ2n) is 3.21. The first-order valence-corrected chi connectivity index (χ1v) is 5.62. The first-order chi connectivity index (χ1) is 8.61. The Hall–Kier alpha value is -1.20. The van der Waals surface area contributed by atoms with E-state index in [2.05, 4.69) is 9.72 Å². The molecule has 10 heteroatoms. The number of aromatic nitrogens is 1. The highest BCUT2D eigenvalue weighted by atomic mass is 127.